The number of ether oxygens (including phenoxy) is 3. The summed E-state index contributed by atoms with van der Waals surface area (Å²) in [6.07, 6.45) is 0. The lowest BCUT2D eigenvalue weighted by Crippen LogP contribution is -2.30. The summed E-state index contributed by atoms with van der Waals surface area (Å²) < 4.78 is 16.6. The Morgan fingerprint density at radius 3 is 2.58 bits per heavy atom. The number of amides is 1. The minimum atomic E-state index is -0.531. The molecule has 0 unspecified atom stereocenters. The summed E-state index contributed by atoms with van der Waals surface area (Å²) in [4.78, 5) is 25.7. The monoisotopic (exact) mass is 420 g/mol. The zero-order chi connectivity index (χ0) is 21.8. The molecule has 3 aromatic rings. The van der Waals surface area contributed by atoms with Crippen molar-refractivity contribution < 1.29 is 23.9 Å². The number of fused-ring (bicyclic) bond motifs is 1. The first kappa shape index (κ1) is 20.2. The third-order valence-corrected chi connectivity index (χ3v) is 4.85. The van der Waals surface area contributed by atoms with Crippen LogP contribution in [0.4, 0.5) is 5.69 Å². The van der Waals surface area contributed by atoms with Gasteiger partial charge in [-0.1, -0.05) is 24.3 Å². The van der Waals surface area contributed by atoms with Crippen LogP contribution < -0.4 is 14.2 Å². The van der Waals surface area contributed by atoms with Gasteiger partial charge in [-0.2, -0.15) is 0 Å². The number of para-hydroxylation sites is 1. The van der Waals surface area contributed by atoms with E-state index in [1.165, 1.54) is 18.2 Å². The van der Waals surface area contributed by atoms with Crippen molar-refractivity contribution in [3.8, 4) is 23.0 Å². The molecule has 0 spiro atoms. The summed E-state index contributed by atoms with van der Waals surface area (Å²) in [7, 11) is 0. The van der Waals surface area contributed by atoms with Crippen LogP contribution in [0.2, 0.25) is 0 Å². The molecular formula is C23H20N2O6. The second kappa shape index (κ2) is 8.74. The van der Waals surface area contributed by atoms with Crippen molar-refractivity contribution in [1.82, 2.24) is 4.90 Å². The molecule has 31 heavy (non-hydrogen) atoms. The lowest BCUT2D eigenvalue weighted by atomic mass is 10.1. The van der Waals surface area contributed by atoms with Gasteiger partial charge in [0, 0.05) is 25.2 Å². The highest BCUT2D eigenvalue weighted by Crippen LogP contribution is 2.34. The summed E-state index contributed by atoms with van der Waals surface area (Å²) >= 11 is 0. The molecule has 1 aliphatic rings. The molecule has 4 rings (SSSR count). The van der Waals surface area contributed by atoms with Crippen LogP contribution in [-0.4, -0.2) is 29.1 Å². The average Bonchev–Trinajstić information content (AvgIpc) is 3.26. The van der Waals surface area contributed by atoms with Crippen LogP contribution in [0.3, 0.4) is 0 Å². The molecule has 0 bridgehead atoms. The first-order chi connectivity index (χ1) is 15.0. The fourth-order valence-electron chi connectivity index (χ4n) is 3.26. The SMILES string of the molecule is CCN(Cc1ccc2c(c1)OCO2)C(=O)c1cc([N+](=O)[O-])ccc1Oc1ccccc1. The Kier molecular flexibility index (Phi) is 5.70. The van der Waals surface area contributed by atoms with E-state index in [4.69, 9.17) is 14.2 Å². The van der Waals surface area contributed by atoms with Gasteiger partial charge in [0.15, 0.2) is 11.5 Å². The minimum absolute atomic E-state index is 0.126. The van der Waals surface area contributed by atoms with Gasteiger partial charge in [0.1, 0.15) is 11.5 Å². The molecule has 0 saturated heterocycles. The number of nitro groups is 1. The molecule has 0 radical (unpaired) electrons. The standard InChI is InChI=1S/C23H20N2O6/c1-2-24(14-16-8-10-21-22(12-16)30-15-29-21)23(26)19-13-17(25(27)28)9-11-20(19)31-18-6-4-3-5-7-18/h3-13H,2,14-15H2,1H3. The van der Waals surface area contributed by atoms with Gasteiger partial charge >= 0.3 is 0 Å². The van der Waals surface area contributed by atoms with Gasteiger partial charge in [0.2, 0.25) is 6.79 Å². The van der Waals surface area contributed by atoms with E-state index < -0.39 is 4.92 Å². The van der Waals surface area contributed by atoms with E-state index in [1.807, 2.05) is 25.1 Å². The van der Waals surface area contributed by atoms with Gasteiger partial charge < -0.3 is 19.1 Å². The van der Waals surface area contributed by atoms with Crippen molar-refractivity contribution in [1.29, 1.82) is 0 Å². The largest absolute Gasteiger partial charge is 0.457 e. The molecule has 0 fully saturated rings. The molecule has 8 nitrogen and oxygen atoms in total. The molecule has 3 aromatic carbocycles. The lowest BCUT2D eigenvalue weighted by molar-refractivity contribution is -0.384. The number of non-ortho nitro benzene ring substituents is 1. The maximum atomic E-state index is 13.4. The van der Waals surface area contributed by atoms with E-state index in [-0.39, 0.29) is 29.7 Å². The number of nitrogens with zero attached hydrogens (tertiary/aromatic N) is 2. The van der Waals surface area contributed by atoms with E-state index >= 15 is 0 Å². The summed E-state index contributed by atoms with van der Waals surface area (Å²) in [5.74, 6) is 1.71. The number of rotatable bonds is 7. The first-order valence-electron chi connectivity index (χ1n) is 9.74. The predicted octanol–water partition coefficient (Wildman–Crippen LogP) is 4.78. The molecule has 8 heteroatoms. The molecule has 0 saturated carbocycles. The van der Waals surface area contributed by atoms with Gasteiger partial charge in [-0.05, 0) is 42.8 Å². The number of hydrogen-bond donors (Lipinski definition) is 0. The van der Waals surface area contributed by atoms with Crippen LogP contribution in [-0.2, 0) is 6.54 Å². The lowest BCUT2D eigenvalue weighted by Gasteiger charge is -2.22. The van der Waals surface area contributed by atoms with Crippen molar-refractivity contribution >= 4 is 11.6 Å². The first-order valence-corrected chi connectivity index (χ1v) is 9.74. The second-order valence-electron chi connectivity index (χ2n) is 6.86. The van der Waals surface area contributed by atoms with Gasteiger partial charge in [0.05, 0.1) is 10.5 Å². The minimum Gasteiger partial charge on any atom is -0.457 e. The fraction of sp³-hybridized carbons (Fsp3) is 0.174. The van der Waals surface area contributed by atoms with Gasteiger partial charge in [0.25, 0.3) is 11.6 Å². The van der Waals surface area contributed by atoms with E-state index in [0.29, 0.717) is 30.3 Å². The van der Waals surface area contributed by atoms with Crippen LogP contribution in [0.25, 0.3) is 0 Å². The number of nitro benzene ring substituents is 1. The number of hydrogen-bond acceptors (Lipinski definition) is 6. The quantitative estimate of drug-likeness (QED) is 0.404. The Bertz CT molecular complexity index is 1120. The predicted molar refractivity (Wildman–Crippen MR) is 113 cm³/mol. The third-order valence-electron chi connectivity index (χ3n) is 4.85. The summed E-state index contributed by atoms with van der Waals surface area (Å²) in [5.41, 5.74) is 0.805. The highest BCUT2D eigenvalue weighted by atomic mass is 16.7. The van der Waals surface area contributed by atoms with Crippen LogP contribution in [0.15, 0.2) is 66.7 Å². The summed E-state index contributed by atoms with van der Waals surface area (Å²) in [5, 5.41) is 11.3. The normalized spacial score (nSPS) is 11.8. The third kappa shape index (κ3) is 4.42. The van der Waals surface area contributed by atoms with Crippen molar-refractivity contribution in [2.24, 2.45) is 0 Å². The van der Waals surface area contributed by atoms with Crippen LogP contribution in [0, 0.1) is 10.1 Å². The maximum Gasteiger partial charge on any atom is 0.270 e. The molecule has 158 valence electrons. The fourth-order valence-corrected chi connectivity index (χ4v) is 3.26. The molecule has 1 aliphatic heterocycles. The van der Waals surface area contributed by atoms with E-state index in [9.17, 15) is 14.9 Å². The topological polar surface area (TPSA) is 91.1 Å². The number of carbonyl (C=O) groups excluding carboxylic acids is 1. The zero-order valence-corrected chi connectivity index (χ0v) is 16.8. The highest BCUT2D eigenvalue weighted by Gasteiger charge is 2.23. The Morgan fingerprint density at radius 2 is 1.84 bits per heavy atom. The molecular weight excluding hydrogens is 400 g/mol. The average molecular weight is 420 g/mol. The molecule has 1 amide bonds. The zero-order valence-electron chi connectivity index (χ0n) is 16.8. The van der Waals surface area contributed by atoms with E-state index in [0.717, 1.165) is 5.56 Å². The van der Waals surface area contributed by atoms with Crippen molar-refractivity contribution in [2.75, 3.05) is 13.3 Å². The highest BCUT2D eigenvalue weighted by molar-refractivity contribution is 5.97. The second-order valence-corrected chi connectivity index (χ2v) is 6.86. The molecule has 0 aliphatic carbocycles. The van der Waals surface area contributed by atoms with E-state index in [2.05, 4.69) is 0 Å². The van der Waals surface area contributed by atoms with Gasteiger partial charge in [-0.25, -0.2) is 0 Å². The molecule has 0 N–H and O–H groups in total. The molecule has 0 atom stereocenters. The smallest absolute Gasteiger partial charge is 0.270 e. The number of carbonyl (C=O) groups is 1. The van der Waals surface area contributed by atoms with Crippen molar-refractivity contribution in [3.63, 3.8) is 0 Å². The Hall–Kier alpha value is -4.07. The maximum absolute atomic E-state index is 13.4. The summed E-state index contributed by atoms with van der Waals surface area (Å²) in [6, 6.07) is 18.5. The molecule has 1 heterocycles. The van der Waals surface area contributed by atoms with Crippen molar-refractivity contribution in [2.45, 2.75) is 13.5 Å². The van der Waals surface area contributed by atoms with Gasteiger partial charge in [-0.15, -0.1) is 0 Å². The van der Waals surface area contributed by atoms with E-state index in [1.54, 1.807) is 35.2 Å². The molecule has 0 aromatic heterocycles. The Labute approximate surface area is 178 Å². The van der Waals surface area contributed by atoms with Gasteiger partial charge in [-0.3, -0.25) is 14.9 Å². The van der Waals surface area contributed by atoms with Crippen LogP contribution in [0.5, 0.6) is 23.0 Å². The van der Waals surface area contributed by atoms with Crippen LogP contribution in [0.1, 0.15) is 22.8 Å². The Balaban J connectivity index is 1.64. The number of benzene rings is 3. The summed E-state index contributed by atoms with van der Waals surface area (Å²) in [6.45, 7) is 2.73. The van der Waals surface area contributed by atoms with Crippen molar-refractivity contribution in [3.05, 3.63) is 88.0 Å². The van der Waals surface area contributed by atoms with Crippen LogP contribution >= 0.6 is 0 Å². The Morgan fingerprint density at radius 1 is 1.06 bits per heavy atom.